The molecule has 6 nitrogen and oxygen atoms in total. The topological polar surface area (TPSA) is 80.5 Å². The number of carbonyl (C=O) groups excluding carboxylic acids is 1. The first-order valence-corrected chi connectivity index (χ1v) is 9.79. The SMILES string of the molecule is Cl.Cl.N[C@@H]1CCC[C@H]1CC(=O)Nc1ccc2nc(N3CCOCC3)sc2c1. The highest BCUT2D eigenvalue weighted by molar-refractivity contribution is 7.22. The van der Waals surface area contributed by atoms with Crippen LogP contribution in [0.25, 0.3) is 10.2 Å². The van der Waals surface area contributed by atoms with Gasteiger partial charge in [0.15, 0.2) is 5.13 Å². The highest BCUT2D eigenvalue weighted by Gasteiger charge is 2.26. The lowest BCUT2D eigenvalue weighted by Gasteiger charge is -2.25. The molecule has 2 aliphatic rings. The standard InChI is InChI=1S/C18H24N4O2S.2ClH/c19-14-3-1-2-12(14)10-17(23)20-13-4-5-15-16(11-13)25-18(21-15)22-6-8-24-9-7-22;;/h4-5,11-12,14H,1-3,6-10,19H2,(H,20,23);2*1H/t12-,14+;;/m0../s1. The molecule has 1 aromatic carbocycles. The molecule has 0 unspecified atom stereocenters. The van der Waals surface area contributed by atoms with E-state index in [1.54, 1.807) is 11.3 Å². The summed E-state index contributed by atoms with van der Waals surface area (Å²) in [5, 5.41) is 4.05. The molecule has 1 aliphatic heterocycles. The monoisotopic (exact) mass is 432 g/mol. The van der Waals surface area contributed by atoms with Gasteiger partial charge in [-0.3, -0.25) is 4.79 Å². The Bertz CT molecular complexity index is 767. The number of nitrogens with two attached hydrogens (primary N) is 1. The molecule has 27 heavy (non-hydrogen) atoms. The van der Waals surface area contributed by atoms with E-state index in [-0.39, 0.29) is 36.8 Å². The second kappa shape index (κ2) is 9.89. The van der Waals surface area contributed by atoms with Crippen LogP contribution in [0.15, 0.2) is 18.2 Å². The van der Waals surface area contributed by atoms with Gasteiger partial charge in [-0.25, -0.2) is 4.98 Å². The van der Waals surface area contributed by atoms with Crippen LogP contribution < -0.4 is 16.0 Å². The van der Waals surface area contributed by atoms with Crippen LogP contribution in [0.1, 0.15) is 25.7 Å². The van der Waals surface area contributed by atoms with Gasteiger partial charge in [-0.1, -0.05) is 17.8 Å². The first-order valence-electron chi connectivity index (χ1n) is 8.98. The Morgan fingerprint density at radius 1 is 1.30 bits per heavy atom. The van der Waals surface area contributed by atoms with Crippen molar-refractivity contribution < 1.29 is 9.53 Å². The maximum Gasteiger partial charge on any atom is 0.224 e. The lowest BCUT2D eigenvalue weighted by molar-refractivity contribution is -0.117. The van der Waals surface area contributed by atoms with Crippen LogP contribution in [-0.2, 0) is 9.53 Å². The fourth-order valence-corrected chi connectivity index (χ4v) is 4.71. The molecule has 2 aromatic rings. The number of carbonyl (C=O) groups is 1. The fraction of sp³-hybridized carbons (Fsp3) is 0.556. The van der Waals surface area contributed by atoms with Crippen LogP contribution in [0, 0.1) is 5.92 Å². The van der Waals surface area contributed by atoms with Crippen molar-refractivity contribution in [3.05, 3.63) is 18.2 Å². The summed E-state index contributed by atoms with van der Waals surface area (Å²) < 4.78 is 6.49. The average Bonchev–Trinajstić information content (AvgIpc) is 3.22. The molecule has 1 aliphatic carbocycles. The van der Waals surface area contributed by atoms with E-state index in [0.29, 0.717) is 12.3 Å². The molecular formula is C18H26Cl2N4O2S. The van der Waals surface area contributed by atoms with Crippen molar-refractivity contribution in [3.8, 4) is 0 Å². The molecule has 2 atom stereocenters. The van der Waals surface area contributed by atoms with E-state index >= 15 is 0 Å². The normalized spacial score (nSPS) is 22.2. The number of benzene rings is 1. The van der Waals surface area contributed by atoms with Crippen molar-refractivity contribution in [3.63, 3.8) is 0 Å². The number of ether oxygens (including phenoxy) is 1. The third kappa shape index (κ3) is 5.23. The number of hydrogen-bond donors (Lipinski definition) is 2. The number of nitrogens with zero attached hydrogens (tertiary/aromatic N) is 2. The molecule has 150 valence electrons. The maximum atomic E-state index is 12.3. The number of halogens is 2. The molecule has 2 heterocycles. The van der Waals surface area contributed by atoms with Gasteiger partial charge in [0.2, 0.25) is 5.91 Å². The highest BCUT2D eigenvalue weighted by atomic mass is 35.5. The van der Waals surface area contributed by atoms with Crippen molar-refractivity contribution in [1.29, 1.82) is 0 Å². The molecule has 1 saturated carbocycles. The number of morpholine rings is 1. The van der Waals surface area contributed by atoms with Crippen LogP contribution in [0.4, 0.5) is 10.8 Å². The van der Waals surface area contributed by atoms with Crippen molar-refractivity contribution in [2.24, 2.45) is 11.7 Å². The zero-order valence-electron chi connectivity index (χ0n) is 15.1. The first kappa shape index (κ1) is 22.2. The number of hydrogen-bond acceptors (Lipinski definition) is 6. The minimum atomic E-state index is 0. The van der Waals surface area contributed by atoms with E-state index in [4.69, 9.17) is 15.5 Å². The summed E-state index contributed by atoms with van der Waals surface area (Å²) in [6, 6.07) is 6.10. The quantitative estimate of drug-likeness (QED) is 0.772. The van der Waals surface area contributed by atoms with E-state index in [2.05, 4.69) is 10.2 Å². The molecule has 0 spiro atoms. The third-order valence-corrected chi connectivity index (χ3v) is 6.19. The van der Waals surface area contributed by atoms with E-state index < -0.39 is 0 Å². The molecule has 0 radical (unpaired) electrons. The van der Waals surface area contributed by atoms with Crippen molar-refractivity contribution in [1.82, 2.24) is 4.98 Å². The number of thiazole rings is 1. The maximum absolute atomic E-state index is 12.3. The number of nitrogens with one attached hydrogen (secondary N) is 1. The zero-order chi connectivity index (χ0) is 17.2. The van der Waals surface area contributed by atoms with Gasteiger partial charge in [0.25, 0.3) is 0 Å². The van der Waals surface area contributed by atoms with Crippen molar-refractivity contribution in [2.45, 2.75) is 31.7 Å². The van der Waals surface area contributed by atoms with Crippen LogP contribution >= 0.6 is 36.2 Å². The van der Waals surface area contributed by atoms with E-state index in [1.807, 2.05) is 18.2 Å². The highest BCUT2D eigenvalue weighted by Crippen LogP contribution is 2.32. The molecule has 0 bridgehead atoms. The molecule has 3 N–H and O–H groups in total. The Labute approximate surface area is 175 Å². The summed E-state index contributed by atoms with van der Waals surface area (Å²) in [5.41, 5.74) is 7.88. The summed E-state index contributed by atoms with van der Waals surface area (Å²) in [5.74, 6) is 0.375. The summed E-state index contributed by atoms with van der Waals surface area (Å²) in [4.78, 5) is 19.3. The second-order valence-electron chi connectivity index (χ2n) is 6.89. The Morgan fingerprint density at radius 3 is 2.78 bits per heavy atom. The molecule has 1 amide bonds. The van der Waals surface area contributed by atoms with Gasteiger partial charge in [0.1, 0.15) is 0 Å². The van der Waals surface area contributed by atoms with Crippen LogP contribution in [0.5, 0.6) is 0 Å². The van der Waals surface area contributed by atoms with E-state index in [1.165, 1.54) is 0 Å². The summed E-state index contributed by atoms with van der Waals surface area (Å²) in [7, 11) is 0. The van der Waals surface area contributed by atoms with E-state index in [9.17, 15) is 4.79 Å². The molecule has 2 fully saturated rings. The van der Waals surface area contributed by atoms with E-state index in [0.717, 1.165) is 66.6 Å². The second-order valence-corrected chi connectivity index (χ2v) is 7.89. The molecule has 1 aromatic heterocycles. The molecular weight excluding hydrogens is 407 g/mol. The predicted molar refractivity (Wildman–Crippen MR) is 116 cm³/mol. The number of fused-ring (bicyclic) bond motifs is 1. The first-order chi connectivity index (χ1) is 12.2. The third-order valence-electron chi connectivity index (χ3n) is 5.11. The van der Waals surface area contributed by atoms with Crippen molar-refractivity contribution in [2.75, 3.05) is 36.5 Å². The number of rotatable bonds is 4. The molecule has 9 heteroatoms. The Hall–Kier alpha value is -1.12. The van der Waals surface area contributed by atoms with Gasteiger partial charge in [0, 0.05) is 31.2 Å². The van der Waals surface area contributed by atoms with Gasteiger partial charge in [-0.15, -0.1) is 24.8 Å². The Morgan fingerprint density at radius 2 is 2.07 bits per heavy atom. The fourth-order valence-electron chi connectivity index (χ4n) is 3.65. The smallest absolute Gasteiger partial charge is 0.224 e. The largest absolute Gasteiger partial charge is 0.378 e. The Balaban J connectivity index is 0.00000131. The average molecular weight is 433 g/mol. The molecule has 4 rings (SSSR count). The van der Waals surface area contributed by atoms with Crippen LogP contribution in [-0.4, -0.2) is 43.2 Å². The minimum Gasteiger partial charge on any atom is -0.378 e. The van der Waals surface area contributed by atoms with Gasteiger partial charge in [-0.05, 0) is 37.0 Å². The summed E-state index contributed by atoms with van der Waals surface area (Å²) in [6.45, 7) is 3.26. The van der Waals surface area contributed by atoms with Crippen LogP contribution in [0.2, 0.25) is 0 Å². The number of aromatic nitrogens is 1. The lowest BCUT2D eigenvalue weighted by atomic mass is 10.00. The van der Waals surface area contributed by atoms with Crippen molar-refractivity contribution >= 4 is 63.1 Å². The van der Waals surface area contributed by atoms with Gasteiger partial charge >= 0.3 is 0 Å². The van der Waals surface area contributed by atoms with Gasteiger partial charge in [0.05, 0.1) is 23.4 Å². The van der Waals surface area contributed by atoms with Crippen LogP contribution in [0.3, 0.4) is 0 Å². The summed E-state index contributed by atoms with van der Waals surface area (Å²) in [6.07, 6.45) is 3.75. The van der Waals surface area contributed by atoms with Gasteiger partial charge < -0.3 is 20.7 Å². The predicted octanol–water partition coefficient (Wildman–Crippen LogP) is 3.43. The van der Waals surface area contributed by atoms with Gasteiger partial charge in [-0.2, -0.15) is 0 Å². The summed E-state index contributed by atoms with van der Waals surface area (Å²) >= 11 is 1.67. The number of anilines is 2. The zero-order valence-corrected chi connectivity index (χ0v) is 17.5. The Kier molecular flexibility index (Phi) is 8.12. The number of amides is 1. The lowest BCUT2D eigenvalue weighted by Crippen LogP contribution is -2.36. The minimum absolute atomic E-state index is 0. The molecule has 1 saturated heterocycles.